The normalized spacial score (nSPS) is 23.0. The number of aromatic amines is 1. The molecule has 1 aromatic heterocycles. The smallest absolute Gasteiger partial charge is 0.261 e. The summed E-state index contributed by atoms with van der Waals surface area (Å²) in [6.45, 7) is 10.4. The van der Waals surface area contributed by atoms with Crippen molar-refractivity contribution in [3.8, 4) is 0 Å². The SMILES string of the molecule is Cc1cc(C)c(C(=O)N2CCN(C[C@H]3CCCN(C)C3)CC2)c(=O)[nH]1. The molecule has 1 amide bonds. The van der Waals surface area contributed by atoms with Crippen LogP contribution >= 0.6 is 0 Å². The van der Waals surface area contributed by atoms with Gasteiger partial charge in [-0.2, -0.15) is 0 Å². The van der Waals surface area contributed by atoms with Gasteiger partial charge >= 0.3 is 0 Å². The van der Waals surface area contributed by atoms with E-state index in [-0.39, 0.29) is 11.5 Å². The summed E-state index contributed by atoms with van der Waals surface area (Å²) >= 11 is 0. The molecule has 2 saturated heterocycles. The Labute approximate surface area is 149 Å². The van der Waals surface area contributed by atoms with Crippen LogP contribution in [0.15, 0.2) is 10.9 Å². The minimum atomic E-state index is -0.268. The number of carbonyl (C=O) groups is 1. The second-order valence-corrected chi connectivity index (χ2v) is 7.70. The number of carbonyl (C=O) groups excluding carboxylic acids is 1. The van der Waals surface area contributed by atoms with Crippen molar-refractivity contribution in [3.63, 3.8) is 0 Å². The van der Waals surface area contributed by atoms with Crippen LogP contribution in [0.4, 0.5) is 0 Å². The van der Waals surface area contributed by atoms with Crippen molar-refractivity contribution in [2.45, 2.75) is 26.7 Å². The highest BCUT2D eigenvalue weighted by molar-refractivity contribution is 5.95. The van der Waals surface area contributed by atoms with Gasteiger partial charge in [-0.25, -0.2) is 0 Å². The first-order valence-corrected chi connectivity index (χ1v) is 9.34. The topological polar surface area (TPSA) is 59.7 Å². The van der Waals surface area contributed by atoms with Crippen molar-refractivity contribution in [1.29, 1.82) is 0 Å². The summed E-state index contributed by atoms with van der Waals surface area (Å²) in [4.78, 5) is 34.4. The zero-order valence-electron chi connectivity index (χ0n) is 15.7. The molecule has 0 unspecified atom stereocenters. The van der Waals surface area contributed by atoms with Crippen molar-refractivity contribution in [2.24, 2.45) is 5.92 Å². The molecule has 2 aliphatic heterocycles. The number of piperazine rings is 1. The van der Waals surface area contributed by atoms with E-state index < -0.39 is 0 Å². The van der Waals surface area contributed by atoms with Crippen molar-refractivity contribution < 1.29 is 4.79 Å². The summed E-state index contributed by atoms with van der Waals surface area (Å²) in [6.07, 6.45) is 2.59. The monoisotopic (exact) mass is 346 g/mol. The molecule has 2 aliphatic rings. The van der Waals surface area contributed by atoms with Gasteiger partial charge in [0.05, 0.1) is 0 Å². The Morgan fingerprint density at radius 1 is 1.20 bits per heavy atom. The van der Waals surface area contributed by atoms with Crippen LogP contribution in [0.3, 0.4) is 0 Å². The van der Waals surface area contributed by atoms with Crippen molar-refractivity contribution in [2.75, 3.05) is 52.9 Å². The number of aryl methyl sites for hydroxylation is 2. The van der Waals surface area contributed by atoms with Crippen LogP contribution in [-0.4, -0.2) is 78.5 Å². The maximum Gasteiger partial charge on any atom is 0.261 e. The Morgan fingerprint density at radius 3 is 2.56 bits per heavy atom. The Kier molecular flexibility index (Phi) is 5.59. The number of nitrogens with one attached hydrogen (secondary N) is 1. The quantitative estimate of drug-likeness (QED) is 0.890. The number of amides is 1. The van der Waals surface area contributed by atoms with Crippen LogP contribution in [0.25, 0.3) is 0 Å². The van der Waals surface area contributed by atoms with Gasteiger partial charge in [0, 0.05) is 45.0 Å². The Bertz CT molecular complexity index is 676. The lowest BCUT2D eigenvalue weighted by Gasteiger charge is -2.38. The third-order valence-corrected chi connectivity index (χ3v) is 5.48. The maximum absolute atomic E-state index is 12.8. The van der Waals surface area contributed by atoms with Gasteiger partial charge in [-0.3, -0.25) is 14.5 Å². The van der Waals surface area contributed by atoms with Gasteiger partial charge in [0.15, 0.2) is 0 Å². The molecule has 0 saturated carbocycles. The molecule has 2 fully saturated rings. The molecular weight excluding hydrogens is 316 g/mol. The van der Waals surface area contributed by atoms with Gasteiger partial charge in [-0.1, -0.05) is 0 Å². The molecule has 0 spiro atoms. The third kappa shape index (κ3) is 4.30. The molecule has 3 rings (SSSR count). The van der Waals surface area contributed by atoms with E-state index in [2.05, 4.69) is 21.8 Å². The summed E-state index contributed by atoms with van der Waals surface area (Å²) in [7, 11) is 2.20. The number of likely N-dealkylation sites (tertiary alicyclic amines) is 1. The lowest BCUT2D eigenvalue weighted by Crippen LogP contribution is -2.51. The zero-order chi connectivity index (χ0) is 18.0. The fraction of sp³-hybridized carbons (Fsp3) is 0.684. The molecule has 138 valence electrons. The first-order chi connectivity index (χ1) is 11.9. The van der Waals surface area contributed by atoms with Gasteiger partial charge < -0.3 is 14.8 Å². The van der Waals surface area contributed by atoms with Crippen molar-refractivity contribution in [3.05, 3.63) is 33.2 Å². The van der Waals surface area contributed by atoms with Crippen LogP contribution in [-0.2, 0) is 0 Å². The Morgan fingerprint density at radius 2 is 1.92 bits per heavy atom. The second-order valence-electron chi connectivity index (χ2n) is 7.70. The van der Waals surface area contributed by atoms with Crippen LogP contribution in [0, 0.1) is 19.8 Å². The largest absolute Gasteiger partial charge is 0.336 e. The van der Waals surface area contributed by atoms with Gasteiger partial charge in [0.2, 0.25) is 0 Å². The molecule has 6 nitrogen and oxygen atoms in total. The van der Waals surface area contributed by atoms with Crippen molar-refractivity contribution in [1.82, 2.24) is 19.7 Å². The number of hydrogen-bond acceptors (Lipinski definition) is 4. The van der Waals surface area contributed by atoms with Gasteiger partial charge in [-0.05, 0) is 57.8 Å². The molecule has 3 heterocycles. The van der Waals surface area contributed by atoms with Crippen LogP contribution in [0.5, 0.6) is 0 Å². The van der Waals surface area contributed by atoms with Gasteiger partial charge in [0.1, 0.15) is 5.56 Å². The predicted octanol–water partition coefficient (Wildman–Crippen LogP) is 1.09. The summed E-state index contributed by atoms with van der Waals surface area (Å²) < 4.78 is 0. The highest BCUT2D eigenvalue weighted by atomic mass is 16.2. The summed E-state index contributed by atoms with van der Waals surface area (Å²) in [6, 6.07) is 1.87. The molecule has 6 heteroatoms. The van der Waals surface area contributed by atoms with E-state index in [9.17, 15) is 9.59 Å². The number of aromatic nitrogens is 1. The molecule has 1 atom stereocenters. The van der Waals surface area contributed by atoms with Crippen molar-refractivity contribution >= 4 is 5.91 Å². The predicted molar refractivity (Wildman–Crippen MR) is 99.1 cm³/mol. The van der Waals surface area contributed by atoms with E-state index in [1.54, 1.807) is 0 Å². The fourth-order valence-electron chi connectivity index (χ4n) is 4.20. The lowest BCUT2D eigenvalue weighted by molar-refractivity contribution is 0.0586. The minimum absolute atomic E-state index is 0.129. The number of hydrogen-bond donors (Lipinski definition) is 1. The number of rotatable bonds is 3. The molecule has 25 heavy (non-hydrogen) atoms. The molecule has 0 aliphatic carbocycles. The van der Waals surface area contributed by atoms with E-state index >= 15 is 0 Å². The average molecular weight is 346 g/mol. The maximum atomic E-state index is 12.8. The Balaban J connectivity index is 1.57. The molecule has 1 N–H and O–H groups in total. The lowest BCUT2D eigenvalue weighted by atomic mass is 9.97. The first kappa shape index (κ1) is 18.1. The molecule has 0 radical (unpaired) electrons. The van der Waals surface area contributed by atoms with E-state index in [4.69, 9.17) is 0 Å². The minimum Gasteiger partial charge on any atom is -0.336 e. The summed E-state index contributed by atoms with van der Waals surface area (Å²) in [5.74, 6) is 0.610. The van der Waals surface area contributed by atoms with E-state index in [0.717, 1.165) is 36.8 Å². The molecule has 0 aromatic carbocycles. The standard InChI is InChI=1S/C19H30N4O2/c1-14-11-15(2)20-18(24)17(14)19(25)23-9-7-22(8-10-23)13-16-5-4-6-21(3)12-16/h11,16H,4-10,12-13H2,1-3H3,(H,20,24)/t16-/m0/s1. The number of pyridine rings is 1. The second kappa shape index (κ2) is 7.70. The molecular formula is C19H30N4O2. The van der Waals surface area contributed by atoms with Crippen LogP contribution in [0.1, 0.15) is 34.5 Å². The van der Waals surface area contributed by atoms with E-state index in [1.165, 1.54) is 25.9 Å². The molecule has 0 bridgehead atoms. The number of nitrogens with zero attached hydrogens (tertiary/aromatic N) is 3. The van der Waals surface area contributed by atoms with Gasteiger partial charge in [-0.15, -0.1) is 0 Å². The third-order valence-electron chi connectivity index (χ3n) is 5.48. The van der Waals surface area contributed by atoms with E-state index in [1.807, 2.05) is 24.8 Å². The number of piperidine rings is 1. The molecule has 1 aromatic rings. The summed E-state index contributed by atoms with van der Waals surface area (Å²) in [5, 5.41) is 0. The summed E-state index contributed by atoms with van der Waals surface area (Å²) in [5.41, 5.74) is 1.59. The Hall–Kier alpha value is -1.66. The van der Waals surface area contributed by atoms with E-state index in [0.29, 0.717) is 18.7 Å². The number of H-pyrrole nitrogens is 1. The highest BCUT2D eigenvalue weighted by Crippen LogP contribution is 2.18. The van der Waals surface area contributed by atoms with Crippen LogP contribution in [0.2, 0.25) is 0 Å². The van der Waals surface area contributed by atoms with Crippen LogP contribution < -0.4 is 5.56 Å². The first-order valence-electron chi connectivity index (χ1n) is 9.34. The van der Waals surface area contributed by atoms with Gasteiger partial charge in [0.25, 0.3) is 11.5 Å². The highest BCUT2D eigenvalue weighted by Gasteiger charge is 2.27. The average Bonchev–Trinajstić information content (AvgIpc) is 2.54. The zero-order valence-corrected chi connectivity index (χ0v) is 15.7. The fourth-order valence-corrected chi connectivity index (χ4v) is 4.20.